The van der Waals surface area contributed by atoms with Crippen molar-refractivity contribution in [3.05, 3.63) is 87.9 Å². The molecule has 2 amide bonds. The number of carbonyl (C=O) groups is 1. The Labute approximate surface area is 259 Å². The van der Waals surface area contributed by atoms with Crippen LogP contribution in [-0.2, 0) is 6.54 Å². The lowest BCUT2D eigenvalue weighted by atomic mass is 9.95. The van der Waals surface area contributed by atoms with Crippen LogP contribution in [0.5, 0.6) is 5.75 Å². The van der Waals surface area contributed by atoms with Gasteiger partial charge in [-0.2, -0.15) is 4.98 Å². The summed E-state index contributed by atoms with van der Waals surface area (Å²) in [7, 11) is 0. The molecule has 0 bridgehead atoms. The van der Waals surface area contributed by atoms with Crippen LogP contribution in [0, 0.1) is 18.6 Å². The molecule has 10 nitrogen and oxygen atoms in total. The maximum atomic E-state index is 16.0. The third-order valence-electron chi connectivity index (χ3n) is 8.10. The number of aromatic hydroxyl groups is 1. The number of urea groups is 1. The summed E-state index contributed by atoms with van der Waals surface area (Å²) in [6, 6.07) is 7.81. The fraction of sp³-hybridized carbons (Fsp3) is 0.333. The van der Waals surface area contributed by atoms with Crippen LogP contribution in [-0.4, -0.2) is 62.8 Å². The average Bonchev–Trinajstić information content (AvgIpc) is 2.97. The van der Waals surface area contributed by atoms with Gasteiger partial charge in [-0.3, -0.25) is 4.90 Å². The molecule has 0 unspecified atom stereocenters. The number of hydrogen-bond donors (Lipinski definition) is 3. The number of phenolic OH excluding ortho intramolecular Hbond substituents is 1. The number of hydrogen-bond acceptors (Lipinski definition) is 7. The lowest BCUT2D eigenvalue weighted by Gasteiger charge is -2.40. The summed E-state index contributed by atoms with van der Waals surface area (Å²) in [5.74, 6) is -2.04. The maximum absolute atomic E-state index is 16.0. The Kier molecular flexibility index (Phi) is 8.87. The number of aryl methyl sites for hydroxylation is 1. The topological polar surface area (TPSA) is 130 Å². The number of halogens is 2. The number of primary amides is 1. The van der Waals surface area contributed by atoms with E-state index in [1.54, 1.807) is 0 Å². The van der Waals surface area contributed by atoms with Crippen LogP contribution in [0.2, 0.25) is 0 Å². The summed E-state index contributed by atoms with van der Waals surface area (Å²) < 4.78 is 32.3. The molecule has 2 aromatic heterocycles. The van der Waals surface area contributed by atoms with E-state index in [0.717, 1.165) is 17.2 Å². The van der Waals surface area contributed by atoms with Gasteiger partial charge in [-0.25, -0.2) is 27.9 Å². The van der Waals surface area contributed by atoms with E-state index in [9.17, 15) is 14.7 Å². The minimum Gasteiger partial charge on any atom is -0.507 e. The first-order chi connectivity index (χ1) is 21.4. The van der Waals surface area contributed by atoms with Crippen molar-refractivity contribution < 1.29 is 18.7 Å². The van der Waals surface area contributed by atoms with E-state index >= 15 is 8.78 Å². The van der Waals surface area contributed by atoms with Crippen LogP contribution in [0.15, 0.2) is 53.8 Å². The molecule has 1 aliphatic heterocycles. The number of amides is 2. The zero-order valence-electron chi connectivity index (χ0n) is 25.8. The second-order valence-corrected chi connectivity index (χ2v) is 11.7. The van der Waals surface area contributed by atoms with Crippen molar-refractivity contribution in [3.63, 3.8) is 0 Å². The molecular weight excluding hydrogens is 580 g/mol. The standard InChI is InChI=1S/C33H37F2N7O3/c1-6-10-40-11-12-41(20(5)17-40)30-23-15-25(35)28(27-24(34)8-7-9-26(27)43)38-31(23)42(33(45)39-30)29-19(4)13-21(16-37-32(36)44)14-22(29)18(2)3/h6-9,13-15,18,20,43H,1,10-12,16-17H2,2-5H3,(H3,36,37,44)/t20-/m0/s1. The Bertz CT molecular complexity index is 1840. The summed E-state index contributed by atoms with van der Waals surface area (Å²) in [6.45, 7) is 14.3. The Morgan fingerprint density at radius 1 is 1.20 bits per heavy atom. The molecule has 1 atom stereocenters. The zero-order chi connectivity index (χ0) is 32.6. The number of nitrogens with zero attached hydrogens (tertiary/aromatic N) is 5. The summed E-state index contributed by atoms with van der Waals surface area (Å²) in [4.78, 5) is 38.8. The largest absolute Gasteiger partial charge is 0.507 e. The number of rotatable bonds is 8. The molecule has 4 aromatic rings. The van der Waals surface area contributed by atoms with Crippen LogP contribution in [0.3, 0.4) is 0 Å². The highest BCUT2D eigenvalue weighted by molar-refractivity contribution is 5.91. The van der Waals surface area contributed by atoms with Gasteiger partial charge in [0.2, 0.25) is 0 Å². The van der Waals surface area contributed by atoms with Crippen LogP contribution >= 0.6 is 0 Å². The monoisotopic (exact) mass is 617 g/mol. The Hall–Kier alpha value is -4.84. The van der Waals surface area contributed by atoms with Gasteiger partial charge in [0.05, 0.1) is 16.6 Å². The van der Waals surface area contributed by atoms with E-state index in [2.05, 4.69) is 26.8 Å². The SMILES string of the molecule is C=CCN1CCN(c2nc(=O)n(-c3c(C)cc(CNC(N)=O)cc3C(C)C)c3nc(-c4c(O)cccc4F)c(F)cc23)[C@@H](C)C1. The van der Waals surface area contributed by atoms with Gasteiger partial charge in [0.25, 0.3) is 0 Å². The molecule has 0 saturated carbocycles. The van der Waals surface area contributed by atoms with Crippen molar-refractivity contribution in [2.75, 3.05) is 31.1 Å². The summed E-state index contributed by atoms with van der Waals surface area (Å²) in [5.41, 5.74) is 6.55. The van der Waals surface area contributed by atoms with Gasteiger partial charge < -0.3 is 21.1 Å². The van der Waals surface area contributed by atoms with Crippen molar-refractivity contribution >= 4 is 22.9 Å². The zero-order valence-corrected chi connectivity index (χ0v) is 25.8. The van der Waals surface area contributed by atoms with E-state index in [1.165, 1.54) is 22.8 Å². The molecule has 4 N–H and O–H groups in total. The third kappa shape index (κ3) is 6.10. The molecule has 0 spiro atoms. The minimum atomic E-state index is -0.872. The number of carbonyl (C=O) groups excluding carboxylic acids is 1. The quantitative estimate of drug-likeness (QED) is 0.244. The summed E-state index contributed by atoms with van der Waals surface area (Å²) in [5, 5.41) is 13.4. The Morgan fingerprint density at radius 2 is 1.96 bits per heavy atom. The molecule has 1 fully saturated rings. The second-order valence-electron chi connectivity index (χ2n) is 11.7. The smallest absolute Gasteiger partial charge is 0.355 e. The lowest BCUT2D eigenvalue weighted by Crippen LogP contribution is -2.52. The van der Waals surface area contributed by atoms with E-state index in [-0.39, 0.29) is 35.4 Å². The fourth-order valence-corrected chi connectivity index (χ4v) is 6.07. The van der Waals surface area contributed by atoms with E-state index in [4.69, 9.17) is 5.73 Å². The van der Waals surface area contributed by atoms with Gasteiger partial charge in [-0.1, -0.05) is 38.1 Å². The molecule has 12 heteroatoms. The second kappa shape index (κ2) is 12.6. The fourth-order valence-electron chi connectivity index (χ4n) is 6.07. The Balaban J connectivity index is 1.82. The van der Waals surface area contributed by atoms with Crippen molar-refractivity contribution in [3.8, 4) is 22.7 Å². The van der Waals surface area contributed by atoms with Gasteiger partial charge in [0, 0.05) is 38.8 Å². The average molecular weight is 618 g/mol. The first-order valence-electron chi connectivity index (χ1n) is 14.8. The Morgan fingerprint density at radius 3 is 2.60 bits per heavy atom. The first kappa shape index (κ1) is 31.6. The van der Waals surface area contributed by atoms with Crippen molar-refractivity contribution in [1.82, 2.24) is 24.8 Å². The number of nitrogens with two attached hydrogens (primary N) is 1. The maximum Gasteiger partial charge on any atom is 0.355 e. The number of nitrogens with one attached hydrogen (secondary N) is 1. The van der Waals surface area contributed by atoms with Crippen molar-refractivity contribution in [2.24, 2.45) is 5.73 Å². The van der Waals surface area contributed by atoms with Gasteiger partial charge in [-0.05, 0) is 54.7 Å². The molecule has 1 saturated heterocycles. The van der Waals surface area contributed by atoms with Crippen LogP contribution in [0.1, 0.15) is 43.4 Å². The van der Waals surface area contributed by atoms with E-state index < -0.39 is 40.4 Å². The molecular formula is C33H37F2N7O3. The molecule has 2 aromatic carbocycles. The van der Waals surface area contributed by atoms with Crippen molar-refractivity contribution in [1.29, 1.82) is 0 Å². The summed E-state index contributed by atoms with van der Waals surface area (Å²) in [6.07, 6.45) is 1.83. The third-order valence-corrected chi connectivity index (χ3v) is 8.10. The predicted molar refractivity (Wildman–Crippen MR) is 171 cm³/mol. The molecule has 236 valence electrons. The van der Waals surface area contributed by atoms with E-state index in [0.29, 0.717) is 37.4 Å². The number of benzene rings is 2. The highest BCUT2D eigenvalue weighted by Gasteiger charge is 2.30. The number of aromatic nitrogens is 3. The number of pyridine rings is 1. The highest BCUT2D eigenvalue weighted by atomic mass is 19.1. The van der Waals surface area contributed by atoms with Gasteiger partial charge >= 0.3 is 11.7 Å². The highest BCUT2D eigenvalue weighted by Crippen LogP contribution is 2.37. The molecule has 45 heavy (non-hydrogen) atoms. The van der Waals surface area contributed by atoms with Crippen LogP contribution in [0.25, 0.3) is 28.0 Å². The molecule has 0 radical (unpaired) electrons. The lowest BCUT2D eigenvalue weighted by molar-refractivity contribution is 0.248. The number of piperazine rings is 1. The van der Waals surface area contributed by atoms with Gasteiger partial charge in [0.15, 0.2) is 11.5 Å². The number of phenols is 1. The van der Waals surface area contributed by atoms with Crippen LogP contribution in [0.4, 0.5) is 19.4 Å². The molecule has 3 heterocycles. The molecule has 5 rings (SSSR count). The number of fused-ring (bicyclic) bond motifs is 1. The number of anilines is 1. The molecule has 0 aliphatic carbocycles. The molecule has 1 aliphatic rings. The first-order valence-corrected chi connectivity index (χ1v) is 14.8. The van der Waals surface area contributed by atoms with E-state index in [1.807, 2.05) is 50.8 Å². The van der Waals surface area contributed by atoms with Crippen LogP contribution < -0.4 is 21.6 Å². The normalized spacial score (nSPS) is 15.5. The summed E-state index contributed by atoms with van der Waals surface area (Å²) >= 11 is 0. The minimum absolute atomic E-state index is 0.0674. The predicted octanol–water partition coefficient (Wildman–Crippen LogP) is 4.73. The van der Waals surface area contributed by atoms with Crippen molar-refractivity contribution in [2.45, 2.75) is 46.2 Å². The van der Waals surface area contributed by atoms with Gasteiger partial charge in [0.1, 0.15) is 23.1 Å². The van der Waals surface area contributed by atoms with Gasteiger partial charge in [-0.15, -0.1) is 6.58 Å².